The Morgan fingerprint density at radius 2 is 0.628 bits per heavy atom. The summed E-state index contributed by atoms with van der Waals surface area (Å²) in [6, 6.07) is 0. The van der Waals surface area contributed by atoms with Crippen LogP contribution in [0.1, 0.15) is 357 Å². The third-order valence-corrected chi connectivity index (χ3v) is 19.0. The number of aliphatic hydroxyl groups is 1. The van der Waals surface area contributed by atoms with E-state index in [9.17, 15) is 43.2 Å². The van der Waals surface area contributed by atoms with Gasteiger partial charge in [0.25, 0.3) is 0 Å². The number of phosphoric ester groups is 2. The Balaban J connectivity index is 5.28. The van der Waals surface area contributed by atoms with Crippen LogP contribution in [0.25, 0.3) is 0 Å². The van der Waals surface area contributed by atoms with E-state index in [-0.39, 0.29) is 25.7 Å². The first-order valence-corrected chi connectivity index (χ1v) is 41.2. The first kappa shape index (κ1) is 91.5. The van der Waals surface area contributed by atoms with Crippen LogP contribution in [0.4, 0.5) is 0 Å². The second-order valence-corrected chi connectivity index (χ2v) is 30.5. The maximum Gasteiger partial charge on any atom is 0.472 e. The third-order valence-electron chi connectivity index (χ3n) is 17.1. The van der Waals surface area contributed by atoms with Gasteiger partial charge in [-0.15, -0.1) is 0 Å². The van der Waals surface area contributed by atoms with Gasteiger partial charge in [-0.3, -0.25) is 37.3 Å². The minimum absolute atomic E-state index is 0.0842. The molecule has 0 bridgehead atoms. The van der Waals surface area contributed by atoms with Crippen LogP contribution in [0.3, 0.4) is 0 Å². The van der Waals surface area contributed by atoms with E-state index in [0.717, 1.165) is 127 Å². The van der Waals surface area contributed by atoms with Gasteiger partial charge in [0.05, 0.1) is 26.4 Å². The summed E-state index contributed by atoms with van der Waals surface area (Å²) >= 11 is 0. The summed E-state index contributed by atoms with van der Waals surface area (Å²) in [6.45, 7) is 11.8. The largest absolute Gasteiger partial charge is 0.472 e. The van der Waals surface area contributed by atoms with Gasteiger partial charge in [-0.25, -0.2) is 9.13 Å². The van der Waals surface area contributed by atoms with Crippen LogP contribution in [-0.4, -0.2) is 96.7 Å². The fraction of sp³-hybridized carbons (Fsp3) is 0.893. The first-order valence-electron chi connectivity index (χ1n) is 38.2. The van der Waals surface area contributed by atoms with E-state index in [2.05, 4.69) is 72.8 Å². The number of carbonyl (C=O) groups is 4. The van der Waals surface area contributed by atoms with E-state index >= 15 is 0 Å². The van der Waals surface area contributed by atoms with E-state index in [4.69, 9.17) is 37.0 Å². The molecule has 19 heteroatoms. The molecule has 6 atom stereocenters. The molecule has 0 saturated heterocycles. The summed E-state index contributed by atoms with van der Waals surface area (Å²) in [7, 11) is -9.92. The van der Waals surface area contributed by atoms with Crippen LogP contribution in [0.5, 0.6) is 0 Å². The zero-order valence-electron chi connectivity index (χ0n) is 60.9. The molecule has 94 heavy (non-hydrogen) atoms. The van der Waals surface area contributed by atoms with Gasteiger partial charge in [0.15, 0.2) is 12.2 Å². The number of esters is 4. The van der Waals surface area contributed by atoms with Gasteiger partial charge in [-0.1, -0.05) is 304 Å². The second kappa shape index (κ2) is 65.2. The van der Waals surface area contributed by atoms with Crippen molar-refractivity contribution >= 4 is 39.5 Å². The van der Waals surface area contributed by atoms with Crippen LogP contribution < -0.4 is 0 Å². The summed E-state index contributed by atoms with van der Waals surface area (Å²) in [4.78, 5) is 72.7. The smallest absolute Gasteiger partial charge is 0.462 e. The van der Waals surface area contributed by atoms with Gasteiger partial charge in [-0.2, -0.15) is 0 Å². The molecule has 554 valence electrons. The topological polar surface area (TPSA) is 237 Å². The van der Waals surface area contributed by atoms with E-state index in [0.29, 0.717) is 25.7 Å². The highest BCUT2D eigenvalue weighted by Crippen LogP contribution is 2.45. The lowest BCUT2D eigenvalue weighted by molar-refractivity contribution is -0.161. The molecule has 0 aliphatic rings. The molecule has 0 fully saturated rings. The Hall–Kier alpha value is -2.46. The number of carbonyl (C=O) groups excluding carboxylic acids is 4. The van der Waals surface area contributed by atoms with Crippen molar-refractivity contribution in [2.45, 2.75) is 375 Å². The minimum Gasteiger partial charge on any atom is -0.462 e. The van der Waals surface area contributed by atoms with Crippen LogP contribution in [0.2, 0.25) is 0 Å². The van der Waals surface area contributed by atoms with Crippen molar-refractivity contribution in [1.82, 2.24) is 0 Å². The molecule has 0 aliphatic carbocycles. The van der Waals surface area contributed by atoms with Crippen LogP contribution in [0.15, 0.2) is 24.3 Å². The number of allylic oxidation sites excluding steroid dienone is 4. The van der Waals surface area contributed by atoms with Crippen molar-refractivity contribution in [2.75, 3.05) is 39.6 Å². The minimum atomic E-state index is -4.96. The average molecular weight is 1380 g/mol. The summed E-state index contributed by atoms with van der Waals surface area (Å²) in [5.74, 6) is 0.113. The highest BCUT2D eigenvalue weighted by atomic mass is 31.2. The number of ether oxygens (including phenoxy) is 4. The zero-order chi connectivity index (χ0) is 69.4. The predicted molar refractivity (Wildman–Crippen MR) is 381 cm³/mol. The molecule has 0 spiro atoms. The molecule has 0 amide bonds. The second-order valence-electron chi connectivity index (χ2n) is 27.5. The molecule has 17 nitrogen and oxygen atoms in total. The molecule has 0 aromatic carbocycles. The van der Waals surface area contributed by atoms with Gasteiger partial charge in [-0.05, 0) is 69.1 Å². The molecular weight excluding hydrogens is 1230 g/mol. The fourth-order valence-corrected chi connectivity index (χ4v) is 12.4. The van der Waals surface area contributed by atoms with E-state index in [1.54, 1.807) is 0 Å². The van der Waals surface area contributed by atoms with Crippen molar-refractivity contribution in [3.8, 4) is 0 Å². The molecule has 3 N–H and O–H groups in total. The van der Waals surface area contributed by atoms with Crippen LogP contribution >= 0.6 is 15.6 Å². The third kappa shape index (κ3) is 66.8. The lowest BCUT2D eigenvalue weighted by Crippen LogP contribution is -2.30. The molecule has 0 heterocycles. The van der Waals surface area contributed by atoms with E-state index in [1.807, 2.05) is 0 Å². The number of hydrogen-bond donors (Lipinski definition) is 3. The number of rotatable bonds is 71. The molecular formula is C75H142O17P2. The number of unbranched alkanes of at least 4 members (excludes halogenated alkanes) is 35. The van der Waals surface area contributed by atoms with Gasteiger partial charge < -0.3 is 33.8 Å². The normalized spacial score (nSPS) is 14.6. The molecule has 0 saturated carbocycles. The average Bonchev–Trinajstić information content (AvgIpc) is 1.56. The lowest BCUT2D eigenvalue weighted by Gasteiger charge is -2.21. The Kier molecular flexibility index (Phi) is 63.5. The van der Waals surface area contributed by atoms with Crippen molar-refractivity contribution in [2.24, 2.45) is 17.8 Å². The van der Waals surface area contributed by atoms with Crippen molar-refractivity contribution in [3.05, 3.63) is 24.3 Å². The van der Waals surface area contributed by atoms with Crippen molar-refractivity contribution < 1.29 is 80.2 Å². The quantitative estimate of drug-likeness (QED) is 0.0169. The predicted octanol–water partition coefficient (Wildman–Crippen LogP) is 21.3. The number of hydrogen-bond acceptors (Lipinski definition) is 15. The van der Waals surface area contributed by atoms with E-state index < -0.39 is 97.5 Å². The van der Waals surface area contributed by atoms with Gasteiger partial charge in [0, 0.05) is 25.7 Å². The summed E-state index contributed by atoms with van der Waals surface area (Å²) in [5.41, 5.74) is 0. The summed E-state index contributed by atoms with van der Waals surface area (Å²) in [5, 5.41) is 10.6. The summed E-state index contributed by atoms with van der Waals surface area (Å²) < 4.78 is 68.4. The molecule has 0 rings (SSSR count). The number of aliphatic hydroxyl groups excluding tert-OH is 1. The molecule has 0 aromatic heterocycles. The number of phosphoric acid groups is 2. The maximum atomic E-state index is 13.1. The Labute approximate surface area is 573 Å². The first-order chi connectivity index (χ1) is 45.3. The Morgan fingerprint density at radius 1 is 0.351 bits per heavy atom. The van der Waals surface area contributed by atoms with Gasteiger partial charge in [0.1, 0.15) is 19.3 Å². The highest BCUT2D eigenvalue weighted by Gasteiger charge is 2.30. The zero-order valence-corrected chi connectivity index (χ0v) is 62.7. The van der Waals surface area contributed by atoms with Crippen LogP contribution in [-0.2, 0) is 65.4 Å². The van der Waals surface area contributed by atoms with E-state index in [1.165, 1.54) is 148 Å². The Bertz CT molecular complexity index is 1930. The van der Waals surface area contributed by atoms with Crippen molar-refractivity contribution in [3.63, 3.8) is 0 Å². The SMILES string of the molecule is CCCCCC/C=C\C=C/CCCCCCCC(=O)O[C@H](COC(=O)CCCCCCCCCCCC(C)C)COP(=O)(O)OC[C@@H](O)COP(=O)(O)OC[C@@H](COC(=O)CCCCCCCCC(C)CC)OC(=O)CCCCCCCCCCCCCCCCC(C)C. The molecule has 3 unspecified atom stereocenters. The monoisotopic (exact) mass is 1380 g/mol. The maximum absolute atomic E-state index is 13.1. The van der Waals surface area contributed by atoms with Crippen LogP contribution in [0, 0.1) is 17.8 Å². The van der Waals surface area contributed by atoms with Gasteiger partial charge in [0.2, 0.25) is 0 Å². The lowest BCUT2D eigenvalue weighted by atomic mass is 10.00. The fourth-order valence-electron chi connectivity index (χ4n) is 10.9. The summed E-state index contributed by atoms with van der Waals surface area (Å²) in [6.07, 6.45) is 53.5. The molecule has 0 aliphatic heterocycles. The standard InChI is InChI=1S/C75H142O17P2/c1-8-10-11-12-13-14-15-16-17-21-24-29-35-44-51-58-74(79)91-70(62-85-72(77)56-49-42-34-31-26-28-33-40-47-54-67(5)6)64-89-93(81,82)87-60-69(76)61-88-94(83,84)90-65-71(63-86-73(78)57-50-43-38-37-41-48-55-68(7)9-2)92-75(80)59-52-45-36-30-25-22-19-18-20-23-27-32-39-46-53-66(3)4/h14-17,66-71,76H,8-13,18-65H2,1-7H3,(H,81,82)(H,83,84)/b15-14-,17-16-/t68?,69-,70-,71-/m1/s1. The molecule has 0 aromatic rings. The Morgan fingerprint density at radius 3 is 0.947 bits per heavy atom. The van der Waals surface area contributed by atoms with Crippen molar-refractivity contribution in [1.29, 1.82) is 0 Å². The highest BCUT2D eigenvalue weighted by molar-refractivity contribution is 7.47. The van der Waals surface area contributed by atoms with Gasteiger partial charge >= 0.3 is 39.5 Å². The molecule has 0 radical (unpaired) electrons.